The fourth-order valence-electron chi connectivity index (χ4n) is 1.42. The number of nitriles is 1. The van der Waals surface area contributed by atoms with Crippen molar-refractivity contribution in [3.05, 3.63) is 35.5 Å². The summed E-state index contributed by atoms with van der Waals surface area (Å²) in [5.41, 5.74) is 3.21. The van der Waals surface area contributed by atoms with Crippen LogP contribution in [0.1, 0.15) is 11.1 Å². The Morgan fingerprint density at radius 3 is 3.14 bits per heavy atom. The number of allylic oxidation sites excluding steroid dienone is 1. The molecule has 0 aliphatic heterocycles. The number of hydrogen-bond donors (Lipinski definition) is 1. The average molecular weight is 183 g/mol. The number of aromatic amines is 1. The highest BCUT2D eigenvalue weighted by atomic mass is 15.1. The Balaban J connectivity index is 2.60. The fourth-order valence-corrected chi connectivity index (χ4v) is 1.42. The van der Waals surface area contributed by atoms with E-state index in [0.717, 1.165) is 22.0 Å². The van der Waals surface area contributed by atoms with Gasteiger partial charge < -0.3 is 0 Å². The maximum absolute atomic E-state index is 8.44. The van der Waals surface area contributed by atoms with Crippen LogP contribution in [0.2, 0.25) is 0 Å². The van der Waals surface area contributed by atoms with Crippen LogP contribution >= 0.6 is 0 Å². The Hall–Kier alpha value is -2.08. The maximum Gasteiger partial charge on any atom is 0.0912 e. The summed E-state index contributed by atoms with van der Waals surface area (Å²) in [7, 11) is 0. The van der Waals surface area contributed by atoms with Gasteiger partial charge in [-0.15, -0.1) is 0 Å². The lowest BCUT2D eigenvalue weighted by Gasteiger charge is -1.99. The van der Waals surface area contributed by atoms with Crippen molar-refractivity contribution in [2.75, 3.05) is 0 Å². The summed E-state index contributed by atoms with van der Waals surface area (Å²) in [6.07, 6.45) is 5.06. The Bertz CT molecular complexity index is 529. The van der Waals surface area contributed by atoms with Crippen molar-refractivity contribution in [1.29, 1.82) is 5.26 Å². The molecule has 2 rings (SSSR count). The van der Waals surface area contributed by atoms with Crippen molar-refractivity contribution < 1.29 is 0 Å². The quantitative estimate of drug-likeness (QED) is 0.690. The molecule has 0 atom stereocenters. The van der Waals surface area contributed by atoms with Gasteiger partial charge in [-0.3, -0.25) is 5.10 Å². The van der Waals surface area contributed by atoms with Crippen molar-refractivity contribution in [2.24, 2.45) is 0 Å². The topological polar surface area (TPSA) is 52.5 Å². The second kappa shape index (κ2) is 3.35. The van der Waals surface area contributed by atoms with Crippen LogP contribution in [0.15, 0.2) is 24.4 Å². The van der Waals surface area contributed by atoms with Crippen LogP contribution in [0.5, 0.6) is 0 Å². The van der Waals surface area contributed by atoms with Crippen molar-refractivity contribution in [3.63, 3.8) is 0 Å². The van der Waals surface area contributed by atoms with Crippen LogP contribution in [0.4, 0.5) is 0 Å². The molecule has 3 nitrogen and oxygen atoms in total. The first kappa shape index (κ1) is 8.52. The number of rotatable bonds is 1. The van der Waals surface area contributed by atoms with E-state index in [1.165, 1.54) is 6.08 Å². The molecule has 1 aromatic heterocycles. The second-order valence-corrected chi connectivity index (χ2v) is 3.13. The zero-order valence-corrected chi connectivity index (χ0v) is 7.78. The SMILES string of the molecule is Cc1cc2[nH]ncc2cc1C=CC#N. The average Bonchev–Trinajstić information content (AvgIpc) is 2.61. The fraction of sp³-hybridized carbons (Fsp3) is 0.0909. The van der Waals surface area contributed by atoms with Crippen molar-refractivity contribution >= 4 is 17.0 Å². The normalized spacial score (nSPS) is 10.9. The molecular weight excluding hydrogens is 174 g/mol. The van der Waals surface area contributed by atoms with Gasteiger partial charge in [0.2, 0.25) is 0 Å². The number of fused-ring (bicyclic) bond motifs is 1. The Morgan fingerprint density at radius 1 is 1.50 bits per heavy atom. The van der Waals surface area contributed by atoms with E-state index in [9.17, 15) is 0 Å². The van der Waals surface area contributed by atoms with E-state index in [-0.39, 0.29) is 0 Å². The first-order chi connectivity index (χ1) is 6.81. The molecule has 68 valence electrons. The minimum absolute atomic E-state index is 1.02. The monoisotopic (exact) mass is 183 g/mol. The minimum atomic E-state index is 1.02. The Labute approximate surface area is 81.7 Å². The number of nitrogens with zero attached hydrogens (tertiary/aromatic N) is 2. The van der Waals surface area contributed by atoms with Crippen molar-refractivity contribution in [3.8, 4) is 6.07 Å². The van der Waals surface area contributed by atoms with Crippen LogP contribution in [-0.4, -0.2) is 10.2 Å². The van der Waals surface area contributed by atoms with Crippen LogP contribution in [-0.2, 0) is 0 Å². The molecule has 0 aliphatic carbocycles. The predicted octanol–water partition coefficient (Wildman–Crippen LogP) is 2.41. The van der Waals surface area contributed by atoms with E-state index in [4.69, 9.17) is 5.26 Å². The van der Waals surface area contributed by atoms with Gasteiger partial charge in [0.25, 0.3) is 0 Å². The summed E-state index contributed by atoms with van der Waals surface area (Å²) in [6, 6.07) is 6.02. The molecule has 14 heavy (non-hydrogen) atoms. The molecule has 0 unspecified atom stereocenters. The van der Waals surface area contributed by atoms with Gasteiger partial charge in [-0.2, -0.15) is 10.4 Å². The first-order valence-corrected chi connectivity index (χ1v) is 4.31. The lowest BCUT2D eigenvalue weighted by molar-refractivity contribution is 1.12. The van der Waals surface area contributed by atoms with E-state index in [2.05, 4.69) is 10.2 Å². The third-order valence-corrected chi connectivity index (χ3v) is 2.16. The lowest BCUT2D eigenvalue weighted by atomic mass is 10.1. The Kier molecular flexibility index (Phi) is 2.04. The number of hydrogen-bond acceptors (Lipinski definition) is 2. The smallest absolute Gasteiger partial charge is 0.0912 e. The molecule has 0 bridgehead atoms. The highest BCUT2D eigenvalue weighted by molar-refractivity contribution is 5.82. The van der Waals surface area contributed by atoms with Crippen LogP contribution in [0.25, 0.3) is 17.0 Å². The van der Waals surface area contributed by atoms with Gasteiger partial charge in [0.15, 0.2) is 0 Å². The maximum atomic E-state index is 8.44. The summed E-state index contributed by atoms with van der Waals surface area (Å²) in [5.74, 6) is 0. The minimum Gasteiger partial charge on any atom is -0.278 e. The van der Waals surface area contributed by atoms with Gasteiger partial charge >= 0.3 is 0 Å². The van der Waals surface area contributed by atoms with Gasteiger partial charge in [0.05, 0.1) is 17.8 Å². The molecule has 2 aromatic rings. The molecule has 1 aromatic carbocycles. The summed E-state index contributed by atoms with van der Waals surface area (Å²) in [5, 5.41) is 16.4. The van der Waals surface area contributed by atoms with Crippen LogP contribution in [0.3, 0.4) is 0 Å². The third kappa shape index (κ3) is 1.38. The molecule has 0 amide bonds. The molecule has 3 heteroatoms. The van der Waals surface area contributed by atoms with E-state index in [1.54, 1.807) is 6.20 Å². The number of benzene rings is 1. The van der Waals surface area contributed by atoms with Gasteiger partial charge in [-0.05, 0) is 36.3 Å². The highest BCUT2D eigenvalue weighted by Gasteiger charge is 1.99. The number of aryl methyl sites for hydroxylation is 1. The summed E-state index contributed by atoms with van der Waals surface area (Å²) < 4.78 is 0. The van der Waals surface area contributed by atoms with E-state index in [1.807, 2.05) is 31.2 Å². The number of aromatic nitrogens is 2. The summed E-state index contributed by atoms with van der Waals surface area (Å²) >= 11 is 0. The molecule has 0 saturated heterocycles. The number of nitrogens with one attached hydrogen (secondary N) is 1. The summed E-state index contributed by atoms with van der Waals surface area (Å²) in [6.45, 7) is 2.01. The molecule has 0 radical (unpaired) electrons. The molecule has 1 heterocycles. The molecule has 0 saturated carbocycles. The highest BCUT2D eigenvalue weighted by Crippen LogP contribution is 2.18. The number of H-pyrrole nitrogens is 1. The molecular formula is C11H9N3. The third-order valence-electron chi connectivity index (χ3n) is 2.16. The largest absolute Gasteiger partial charge is 0.278 e. The van der Waals surface area contributed by atoms with Gasteiger partial charge in [-0.1, -0.05) is 0 Å². The van der Waals surface area contributed by atoms with Gasteiger partial charge in [-0.25, -0.2) is 0 Å². The lowest BCUT2D eigenvalue weighted by Crippen LogP contribution is -1.80. The zero-order valence-electron chi connectivity index (χ0n) is 7.78. The first-order valence-electron chi connectivity index (χ1n) is 4.31. The van der Waals surface area contributed by atoms with Crippen molar-refractivity contribution in [2.45, 2.75) is 6.92 Å². The molecule has 0 fully saturated rings. The van der Waals surface area contributed by atoms with Crippen LogP contribution < -0.4 is 0 Å². The van der Waals surface area contributed by atoms with E-state index in [0.29, 0.717) is 0 Å². The van der Waals surface area contributed by atoms with E-state index >= 15 is 0 Å². The second-order valence-electron chi connectivity index (χ2n) is 3.13. The van der Waals surface area contributed by atoms with Crippen LogP contribution in [0, 0.1) is 18.3 Å². The van der Waals surface area contributed by atoms with Gasteiger partial charge in [0, 0.05) is 11.5 Å². The molecule has 1 N–H and O–H groups in total. The molecule has 0 spiro atoms. The zero-order chi connectivity index (χ0) is 9.97. The standard InChI is InChI=1S/C11H9N3/c1-8-5-11-10(7-13-14-11)6-9(8)3-2-4-12/h2-3,5-7H,1H3,(H,13,14). The molecule has 0 aliphatic rings. The van der Waals surface area contributed by atoms with Gasteiger partial charge in [0.1, 0.15) is 0 Å². The Morgan fingerprint density at radius 2 is 2.36 bits per heavy atom. The predicted molar refractivity (Wildman–Crippen MR) is 55.5 cm³/mol. The van der Waals surface area contributed by atoms with E-state index < -0.39 is 0 Å². The summed E-state index contributed by atoms with van der Waals surface area (Å²) in [4.78, 5) is 0. The van der Waals surface area contributed by atoms with Crippen molar-refractivity contribution in [1.82, 2.24) is 10.2 Å².